The molecule has 2 rings (SSSR count). The van der Waals surface area contributed by atoms with Gasteiger partial charge in [-0.15, -0.1) is 0 Å². The predicted molar refractivity (Wildman–Crippen MR) is 79.5 cm³/mol. The molecule has 2 aromatic rings. The Kier molecular flexibility index (Phi) is 4.83. The van der Waals surface area contributed by atoms with Crippen molar-refractivity contribution in [3.05, 3.63) is 64.2 Å². The zero-order chi connectivity index (χ0) is 13.7. The molecule has 19 heavy (non-hydrogen) atoms. The molecule has 0 amide bonds. The average molecular weight is 276 g/mol. The molecule has 0 fully saturated rings. The van der Waals surface area contributed by atoms with E-state index in [0.717, 1.165) is 33.9 Å². The minimum atomic E-state index is 0.540. The molecular weight excluding hydrogens is 258 g/mol. The molecule has 3 heteroatoms. The van der Waals surface area contributed by atoms with Gasteiger partial charge >= 0.3 is 0 Å². The van der Waals surface area contributed by atoms with E-state index in [1.54, 1.807) is 0 Å². The maximum absolute atomic E-state index is 6.08. The summed E-state index contributed by atoms with van der Waals surface area (Å²) in [6, 6.07) is 13.9. The van der Waals surface area contributed by atoms with E-state index >= 15 is 0 Å². The van der Waals surface area contributed by atoms with Crippen molar-refractivity contribution in [2.75, 3.05) is 0 Å². The van der Waals surface area contributed by atoms with Gasteiger partial charge in [-0.3, -0.25) is 0 Å². The summed E-state index contributed by atoms with van der Waals surface area (Å²) in [5, 5.41) is 0.792. The van der Waals surface area contributed by atoms with Crippen LogP contribution in [0.4, 0.5) is 0 Å². The smallest absolute Gasteiger partial charge is 0.120 e. The first-order valence-electron chi connectivity index (χ1n) is 6.42. The summed E-state index contributed by atoms with van der Waals surface area (Å²) in [5.41, 5.74) is 8.97. The average Bonchev–Trinajstić information content (AvgIpc) is 2.46. The van der Waals surface area contributed by atoms with Crippen LogP contribution in [0.5, 0.6) is 5.75 Å². The van der Waals surface area contributed by atoms with Crippen LogP contribution in [0.3, 0.4) is 0 Å². The molecule has 0 spiro atoms. The van der Waals surface area contributed by atoms with Crippen molar-refractivity contribution in [3.8, 4) is 5.75 Å². The Bertz CT molecular complexity index is 554. The zero-order valence-electron chi connectivity index (χ0n) is 11.0. The molecule has 0 aromatic heterocycles. The Morgan fingerprint density at radius 2 is 1.89 bits per heavy atom. The van der Waals surface area contributed by atoms with E-state index in [0.29, 0.717) is 13.2 Å². The lowest BCUT2D eigenvalue weighted by Gasteiger charge is -2.09. The van der Waals surface area contributed by atoms with Gasteiger partial charge in [-0.2, -0.15) is 0 Å². The van der Waals surface area contributed by atoms with Gasteiger partial charge in [0, 0.05) is 11.6 Å². The number of benzene rings is 2. The number of halogens is 1. The number of hydrogen-bond donors (Lipinski definition) is 1. The summed E-state index contributed by atoms with van der Waals surface area (Å²) in [7, 11) is 0. The maximum atomic E-state index is 6.08. The zero-order valence-corrected chi connectivity index (χ0v) is 11.8. The summed E-state index contributed by atoms with van der Waals surface area (Å²) in [6.07, 6.45) is 0.901. The Hall–Kier alpha value is -1.51. The van der Waals surface area contributed by atoms with Crippen LogP contribution in [0.15, 0.2) is 42.5 Å². The molecule has 2 aromatic carbocycles. The van der Waals surface area contributed by atoms with Crippen molar-refractivity contribution in [2.45, 2.75) is 26.5 Å². The van der Waals surface area contributed by atoms with Crippen molar-refractivity contribution in [2.24, 2.45) is 5.73 Å². The van der Waals surface area contributed by atoms with Crippen LogP contribution in [0.2, 0.25) is 5.02 Å². The maximum Gasteiger partial charge on any atom is 0.120 e. The normalized spacial score (nSPS) is 10.5. The van der Waals surface area contributed by atoms with Crippen LogP contribution in [0, 0.1) is 0 Å². The Balaban J connectivity index is 2.05. The third-order valence-corrected chi connectivity index (χ3v) is 3.40. The van der Waals surface area contributed by atoms with Crippen molar-refractivity contribution in [1.82, 2.24) is 0 Å². The minimum absolute atomic E-state index is 0.540. The Morgan fingerprint density at radius 3 is 2.63 bits per heavy atom. The second kappa shape index (κ2) is 6.60. The third-order valence-electron chi connectivity index (χ3n) is 3.03. The van der Waals surface area contributed by atoms with Crippen molar-refractivity contribution in [3.63, 3.8) is 0 Å². The number of ether oxygens (including phenoxy) is 1. The van der Waals surface area contributed by atoms with Crippen LogP contribution in [0.1, 0.15) is 23.6 Å². The molecule has 2 nitrogen and oxygen atoms in total. The van der Waals surface area contributed by atoms with Crippen LogP contribution in [-0.4, -0.2) is 0 Å². The second-order valence-corrected chi connectivity index (χ2v) is 4.83. The van der Waals surface area contributed by atoms with Gasteiger partial charge in [0.1, 0.15) is 12.4 Å². The van der Waals surface area contributed by atoms with Gasteiger partial charge < -0.3 is 10.5 Å². The summed E-state index contributed by atoms with van der Waals surface area (Å²) in [6.45, 7) is 3.17. The van der Waals surface area contributed by atoms with Crippen LogP contribution >= 0.6 is 11.6 Å². The first kappa shape index (κ1) is 13.9. The fraction of sp³-hybridized carbons (Fsp3) is 0.250. The van der Waals surface area contributed by atoms with Crippen LogP contribution in [0.25, 0.3) is 0 Å². The standard InChI is InChI=1S/C16H18ClNO/c1-2-14-9-15(6-7-16(14)17)19-11-13-5-3-4-12(8-13)10-18/h3-9H,2,10-11,18H2,1H3. The molecule has 2 N–H and O–H groups in total. The van der Waals surface area contributed by atoms with Gasteiger partial charge in [-0.1, -0.05) is 42.8 Å². The van der Waals surface area contributed by atoms with E-state index in [9.17, 15) is 0 Å². The molecule has 0 saturated heterocycles. The van der Waals surface area contributed by atoms with Crippen LogP contribution in [-0.2, 0) is 19.6 Å². The van der Waals surface area contributed by atoms with E-state index in [1.165, 1.54) is 0 Å². The van der Waals surface area contributed by atoms with Crippen molar-refractivity contribution >= 4 is 11.6 Å². The summed E-state index contributed by atoms with van der Waals surface area (Å²) < 4.78 is 5.79. The molecule has 100 valence electrons. The van der Waals surface area contributed by atoms with Crippen molar-refractivity contribution in [1.29, 1.82) is 0 Å². The molecule has 0 unspecified atom stereocenters. The second-order valence-electron chi connectivity index (χ2n) is 4.42. The highest BCUT2D eigenvalue weighted by Gasteiger charge is 2.02. The lowest BCUT2D eigenvalue weighted by molar-refractivity contribution is 0.306. The molecule has 0 saturated carbocycles. The fourth-order valence-electron chi connectivity index (χ4n) is 1.92. The van der Waals surface area contributed by atoms with Gasteiger partial charge in [-0.05, 0) is 41.3 Å². The summed E-state index contributed by atoms with van der Waals surface area (Å²) >= 11 is 6.08. The molecular formula is C16H18ClNO. The molecule has 0 heterocycles. The Labute approximate surface area is 119 Å². The number of hydrogen-bond acceptors (Lipinski definition) is 2. The highest BCUT2D eigenvalue weighted by molar-refractivity contribution is 6.31. The largest absolute Gasteiger partial charge is 0.489 e. The number of nitrogens with two attached hydrogens (primary N) is 1. The predicted octanol–water partition coefficient (Wildman–Crippen LogP) is 3.94. The SMILES string of the molecule is CCc1cc(OCc2cccc(CN)c2)ccc1Cl. The fourth-order valence-corrected chi connectivity index (χ4v) is 2.18. The van der Waals surface area contributed by atoms with Gasteiger partial charge in [0.2, 0.25) is 0 Å². The summed E-state index contributed by atoms with van der Waals surface area (Å²) in [4.78, 5) is 0. The molecule has 0 aliphatic rings. The highest BCUT2D eigenvalue weighted by atomic mass is 35.5. The van der Waals surface area contributed by atoms with Gasteiger partial charge in [0.25, 0.3) is 0 Å². The van der Waals surface area contributed by atoms with Gasteiger partial charge in [-0.25, -0.2) is 0 Å². The number of aryl methyl sites for hydroxylation is 1. The van der Waals surface area contributed by atoms with E-state index < -0.39 is 0 Å². The Morgan fingerprint density at radius 1 is 1.11 bits per heavy atom. The summed E-state index contributed by atoms with van der Waals surface area (Å²) in [5.74, 6) is 0.847. The highest BCUT2D eigenvalue weighted by Crippen LogP contribution is 2.23. The van der Waals surface area contributed by atoms with Gasteiger partial charge in [0.15, 0.2) is 0 Å². The first-order valence-corrected chi connectivity index (χ1v) is 6.80. The monoisotopic (exact) mass is 275 g/mol. The van der Waals surface area contributed by atoms with Crippen molar-refractivity contribution < 1.29 is 4.74 Å². The van der Waals surface area contributed by atoms with E-state index in [2.05, 4.69) is 13.0 Å². The lowest BCUT2D eigenvalue weighted by atomic mass is 10.1. The van der Waals surface area contributed by atoms with Crippen LogP contribution < -0.4 is 10.5 Å². The third kappa shape index (κ3) is 3.72. The number of rotatable bonds is 5. The quantitative estimate of drug-likeness (QED) is 0.897. The molecule has 0 radical (unpaired) electrons. The van der Waals surface area contributed by atoms with E-state index in [-0.39, 0.29) is 0 Å². The van der Waals surface area contributed by atoms with E-state index in [1.807, 2.05) is 36.4 Å². The molecule has 0 aliphatic heterocycles. The molecule has 0 aliphatic carbocycles. The minimum Gasteiger partial charge on any atom is -0.489 e. The van der Waals surface area contributed by atoms with Gasteiger partial charge in [0.05, 0.1) is 0 Å². The first-order chi connectivity index (χ1) is 9.22. The van der Waals surface area contributed by atoms with E-state index in [4.69, 9.17) is 22.1 Å². The topological polar surface area (TPSA) is 35.2 Å². The molecule has 0 bridgehead atoms. The lowest BCUT2D eigenvalue weighted by Crippen LogP contribution is -2.00. The molecule has 0 atom stereocenters.